The van der Waals surface area contributed by atoms with Crippen LogP contribution in [-0.4, -0.2) is 33.3 Å². The van der Waals surface area contributed by atoms with Crippen LogP contribution in [0.1, 0.15) is 12.5 Å². The summed E-state index contributed by atoms with van der Waals surface area (Å²) in [6.07, 6.45) is 0.806. The molecule has 5 rings (SSSR count). The number of carbonyl (C=O) groups excluding carboxylic acids is 2. The fourth-order valence-electron chi connectivity index (χ4n) is 4.23. The fraction of sp³-hybridized carbons (Fsp3) is 0.167. The molecule has 0 saturated carbocycles. The second-order valence-corrected chi connectivity index (χ2v) is 9.59. The number of anilines is 3. The van der Waals surface area contributed by atoms with E-state index in [-0.39, 0.29) is 17.3 Å². The van der Waals surface area contributed by atoms with E-state index in [1.807, 2.05) is 19.1 Å². The lowest BCUT2D eigenvalue weighted by atomic mass is 9.99. The lowest BCUT2D eigenvalue weighted by Gasteiger charge is -2.35. The number of aryl methyl sites for hydroxylation is 1. The van der Waals surface area contributed by atoms with Crippen molar-refractivity contribution in [1.82, 2.24) is 0 Å². The fourth-order valence-corrected chi connectivity index (χ4v) is 5.88. The molecule has 1 N–H and O–H groups in total. The van der Waals surface area contributed by atoms with Gasteiger partial charge in [0.05, 0.1) is 22.0 Å². The molecule has 8 heteroatoms. The number of fused-ring (bicyclic) bond motifs is 4. The average molecular weight is 448 g/mol. The van der Waals surface area contributed by atoms with Gasteiger partial charge in [0, 0.05) is 11.1 Å². The molecule has 0 aliphatic carbocycles. The first-order valence-corrected chi connectivity index (χ1v) is 11.8. The van der Waals surface area contributed by atoms with Crippen LogP contribution >= 0.6 is 0 Å². The molecule has 32 heavy (non-hydrogen) atoms. The molecule has 2 aliphatic heterocycles. The number of para-hydroxylation sites is 2. The van der Waals surface area contributed by atoms with Crippen LogP contribution in [0.5, 0.6) is 0 Å². The zero-order chi connectivity index (χ0) is 22.5. The van der Waals surface area contributed by atoms with E-state index in [1.165, 1.54) is 4.90 Å². The Morgan fingerprint density at radius 3 is 2.53 bits per heavy atom. The number of benzene rings is 3. The lowest BCUT2D eigenvalue weighted by molar-refractivity contribution is -0.121. The van der Waals surface area contributed by atoms with Gasteiger partial charge in [-0.3, -0.25) is 18.8 Å². The number of rotatable bonds is 3. The number of sulfonamides is 1. The molecule has 0 saturated heterocycles. The first-order chi connectivity index (χ1) is 15.4. The Morgan fingerprint density at radius 1 is 0.969 bits per heavy atom. The van der Waals surface area contributed by atoms with E-state index in [4.69, 9.17) is 0 Å². The van der Waals surface area contributed by atoms with Gasteiger partial charge in [-0.1, -0.05) is 43.3 Å². The van der Waals surface area contributed by atoms with Gasteiger partial charge < -0.3 is 5.32 Å². The van der Waals surface area contributed by atoms with Gasteiger partial charge in [-0.25, -0.2) is 8.42 Å². The van der Waals surface area contributed by atoms with Crippen LogP contribution in [0.15, 0.2) is 71.6 Å². The maximum absolute atomic E-state index is 13.5. The van der Waals surface area contributed by atoms with Crippen molar-refractivity contribution >= 4 is 38.9 Å². The first kappa shape index (κ1) is 20.3. The first-order valence-electron chi connectivity index (χ1n) is 10.3. The van der Waals surface area contributed by atoms with Crippen molar-refractivity contribution in [3.8, 4) is 11.1 Å². The molecule has 0 aromatic heterocycles. The second-order valence-electron chi connectivity index (χ2n) is 7.76. The predicted octanol–water partition coefficient (Wildman–Crippen LogP) is 3.41. The summed E-state index contributed by atoms with van der Waals surface area (Å²) in [6.45, 7) is 1.46. The molecule has 0 spiro atoms. The Morgan fingerprint density at radius 2 is 1.72 bits per heavy atom. The largest absolute Gasteiger partial charge is 0.323 e. The predicted molar refractivity (Wildman–Crippen MR) is 123 cm³/mol. The van der Waals surface area contributed by atoms with Crippen LogP contribution in [0.3, 0.4) is 0 Å². The van der Waals surface area contributed by atoms with Crippen LogP contribution in [0.4, 0.5) is 17.1 Å². The molecule has 0 unspecified atom stereocenters. The van der Waals surface area contributed by atoms with Gasteiger partial charge in [0.15, 0.2) is 0 Å². The van der Waals surface area contributed by atoms with E-state index in [0.717, 1.165) is 21.9 Å². The number of hydrogen-bond acceptors (Lipinski definition) is 4. The van der Waals surface area contributed by atoms with Gasteiger partial charge >= 0.3 is 0 Å². The molecule has 7 nitrogen and oxygen atoms in total. The number of carbonyl (C=O) groups is 2. The van der Waals surface area contributed by atoms with Crippen LogP contribution in [0.25, 0.3) is 11.1 Å². The number of hydrogen-bond donors (Lipinski definition) is 1. The standard InChI is InChI=1S/C24H21N3O4S/c1-2-16-11-12-20-18(13-16)17-7-3-6-10-22(17)32(30,31)27(20)15-24(29)26-14-23(28)25-19-8-4-5-9-21(19)26/h3-13H,2,14-15H2,1H3,(H,25,28). The lowest BCUT2D eigenvalue weighted by Crippen LogP contribution is -2.48. The summed E-state index contributed by atoms with van der Waals surface area (Å²) < 4.78 is 28.2. The van der Waals surface area contributed by atoms with Gasteiger partial charge in [-0.05, 0) is 42.3 Å². The average Bonchev–Trinajstić information content (AvgIpc) is 2.80. The summed E-state index contributed by atoms with van der Waals surface area (Å²) in [7, 11) is -3.96. The molecular formula is C24H21N3O4S. The Balaban J connectivity index is 1.59. The third kappa shape index (κ3) is 3.15. The van der Waals surface area contributed by atoms with Crippen LogP contribution in [0, 0.1) is 0 Å². The van der Waals surface area contributed by atoms with Crippen molar-refractivity contribution in [1.29, 1.82) is 0 Å². The van der Waals surface area contributed by atoms with E-state index in [2.05, 4.69) is 5.32 Å². The summed E-state index contributed by atoms with van der Waals surface area (Å²) in [5.41, 5.74) is 4.02. The molecular weight excluding hydrogens is 426 g/mol. The highest BCUT2D eigenvalue weighted by molar-refractivity contribution is 7.93. The van der Waals surface area contributed by atoms with Gasteiger partial charge in [-0.2, -0.15) is 0 Å². The molecule has 2 aliphatic rings. The van der Waals surface area contributed by atoms with Crippen LogP contribution < -0.4 is 14.5 Å². The molecule has 3 aromatic carbocycles. The summed E-state index contributed by atoms with van der Waals surface area (Å²) in [5, 5.41) is 2.74. The Hall–Kier alpha value is -3.65. The van der Waals surface area contributed by atoms with Gasteiger partial charge in [0.2, 0.25) is 11.8 Å². The van der Waals surface area contributed by atoms with Crippen molar-refractivity contribution in [3.05, 3.63) is 72.3 Å². The Kier molecular flexibility index (Phi) is 4.74. The van der Waals surface area contributed by atoms with Crippen molar-refractivity contribution < 1.29 is 18.0 Å². The molecule has 0 radical (unpaired) electrons. The van der Waals surface area contributed by atoms with E-state index in [9.17, 15) is 18.0 Å². The number of nitrogens with one attached hydrogen (secondary N) is 1. The highest BCUT2D eigenvalue weighted by Gasteiger charge is 2.38. The number of amides is 2. The maximum Gasteiger partial charge on any atom is 0.265 e. The third-order valence-electron chi connectivity index (χ3n) is 5.83. The number of nitrogens with zero attached hydrogens (tertiary/aromatic N) is 2. The molecule has 0 atom stereocenters. The van der Waals surface area contributed by atoms with Crippen molar-refractivity contribution in [3.63, 3.8) is 0 Å². The summed E-state index contributed by atoms with van der Waals surface area (Å²) in [4.78, 5) is 27.0. The van der Waals surface area contributed by atoms with Crippen LogP contribution in [0.2, 0.25) is 0 Å². The van der Waals surface area contributed by atoms with Crippen molar-refractivity contribution in [2.45, 2.75) is 18.2 Å². The van der Waals surface area contributed by atoms with E-state index >= 15 is 0 Å². The minimum absolute atomic E-state index is 0.165. The second kappa shape index (κ2) is 7.49. The Bertz CT molecular complexity index is 1370. The summed E-state index contributed by atoms with van der Waals surface area (Å²) >= 11 is 0. The maximum atomic E-state index is 13.5. The van der Waals surface area contributed by atoms with E-state index in [0.29, 0.717) is 22.6 Å². The molecule has 2 heterocycles. The molecule has 0 bridgehead atoms. The monoisotopic (exact) mass is 447 g/mol. The highest BCUT2D eigenvalue weighted by atomic mass is 32.2. The molecule has 2 amide bonds. The zero-order valence-corrected chi connectivity index (χ0v) is 18.2. The van der Waals surface area contributed by atoms with Gasteiger partial charge in [-0.15, -0.1) is 0 Å². The molecule has 162 valence electrons. The topological polar surface area (TPSA) is 86.8 Å². The van der Waals surface area contributed by atoms with E-state index < -0.39 is 22.5 Å². The summed E-state index contributed by atoms with van der Waals surface area (Å²) in [6, 6.07) is 19.4. The normalized spacial score (nSPS) is 16.0. The SMILES string of the molecule is CCc1ccc2c(c1)-c1ccccc1S(=O)(=O)N2CC(=O)N1CC(=O)Nc2ccccc21. The summed E-state index contributed by atoms with van der Waals surface area (Å²) in [5.74, 6) is -0.794. The molecule has 3 aromatic rings. The Labute approximate surface area is 186 Å². The minimum atomic E-state index is -3.96. The molecule has 0 fully saturated rings. The van der Waals surface area contributed by atoms with Gasteiger partial charge in [0.1, 0.15) is 13.1 Å². The third-order valence-corrected chi connectivity index (χ3v) is 7.65. The quantitative estimate of drug-likeness (QED) is 0.667. The minimum Gasteiger partial charge on any atom is -0.323 e. The highest BCUT2D eigenvalue weighted by Crippen LogP contribution is 2.43. The zero-order valence-electron chi connectivity index (χ0n) is 17.4. The van der Waals surface area contributed by atoms with Crippen molar-refractivity contribution in [2.75, 3.05) is 27.6 Å². The van der Waals surface area contributed by atoms with Crippen molar-refractivity contribution in [2.24, 2.45) is 0 Å². The van der Waals surface area contributed by atoms with Gasteiger partial charge in [0.25, 0.3) is 10.0 Å². The van der Waals surface area contributed by atoms with E-state index in [1.54, 1.807) is 54.6 Å². The van der Waals surface area contributed by atoms with Crippen LogP contribution in [-0.2, 0) is 26.0 Å². The smallest absolute Gasteiger partial charge is 0.265 e.